The molecule has 0 aliphatic carbocycles. The van der Waals surface area contributed by atoms with Gasteiger partial charge in [0.25, 0.3) is 0 Å². The fraction of sp³-hybridized carbons (Fsp3) is 0.611. The van der Waals surface area contributed by atoms with Crippen LogP contribution in [0.25, 0.3) is 0 Å². The molecule has 0 saturated carbocycles. The maximum Gasteiger partial charge on any atom is 0.191 e. The Morgan fingerprint density at radius 2 is 2.23 bits per heavy atom. The summed E-state index contributed by atoms with van der Waals surface area (Å²) in [6.45, 7) is 5.41. The highest BCUT2D eigenvalue weighted by atomic mass is 127. The van der Waals surface area contributed by atoms with Crippen molar-refractivity contribution in [1.29, 1.82) is 0 Å². The molecule has 0 aromatic heterocycles. The summed E-state index contributed by atoms with van der Waals surface area (Å²) in [5.41, 5.74) is 0.992. The van der Waals surface area contributed by atoms with Gasteiger partial charge in [-0.25, -0.2) is 0 Å². The zero-order chi connectivity index (χ0) is 18.1. The van der Waals surface area contributed by atoms with E-state index in [1.807, 2.05) is 25.1 Å². The average Bonchev–Trinajstić information content (AvgIpc) is 3.06. The van der Waals surface area contributed by atoms with Crippen LogP contribution in [0.15, 0.2) is 23.2 Å². The van der Waals surface area contributed by atoms with E-state index in [9.17, 15) is 5.11 Å². The fourth-order valence-electron chi connectivity index (χ4n) is 2.95. The molecule has 1 atom stereocenters. The molecule has 6 nitrogen and oxygen atoms in total. The SMILES string of the molecule is CCOc1cc(Cl)ccc1CNC(=NC)NCC1(CCO)CCOC1.I. The van der Waals surface area contributed by atoms with Gasteiger partial charge in [0.05, 0.1) is 13.2 Å². The number of benzene rings is 1. The summed E-state index contributed by atoms with van der Waals surface area (Å²) in [4.78, 5) is 4.27. The van der Waals surface area contributed by atoms with Crippen LogP contribution in [-0.2, 0) is 11.3 Å². The van der Waals surface area contributed by atoms with Gasteiger partial charge >= 0.3 is 0 Å². The lowest BCUT2D eigenvalue weighted by Crippen LogP contribution is -2.44. The van der Waals surface area contributed by atoms with E-state index in [0.29, 0.717) is 37.3 Å². The van der Waals surface area contributed by atoms with Gasteiger partial charge in [0.1, 0.15) is 5.75 Å². The largest absolute Gasteiger partial charge is 0.493 e. The van der Waals surface area contributed by atoms with Crippen LogP contribution in [0.1, 0.15) is 25.3 Å². The highest BCUT2D eigenvalue weighted by Crippen LogP contribution is 2.31. The Hall–Kier alpha value is -0.770. The standard InChI is InChI=1S/C18H28ClN3O3.HI/c1-3-25-16-10-15(19)5-4-14(16)11-21-17(20-2)22-12-18(6-8-23)7-9-24-13-18;/h4-5,10,23H,3,6-9,11-13H2,1-2H3,(H2,20,21,22);1H. The molecule has 0 spiro atoms. The van der Waals surface area contributed by atoms with E-state index in [0.717, 1.165) is 30.8 Å². The van der Waals surface area contributed by atoms with Gasteiger partial charge in [-0.05, 0) is 31.9 Å². The van der Waals surface area contributed by atoms with Crippen LogP contribution in [0, 0.1) is 5.41 Å². The predicted octanol–water partition coefficient (Wildman–Crippen LogP) is 2.81. The summed E-state index contributed by atoms with van der Waals surface area (Å²) in [5, 5.41) is 16.6. The molecule has 1 aromatic rings. The number of aliphatic hydroxyl groups is 1. The molecule has 3 N–H and O–H groups in total. The van der Waals surface area contributed by atoms with Crippen LogP contribution in [0.3, 0.4) is 0 Å². The first-order valence-electron chi connectivity index (χ1n) is 8.67. The quantitative estimate of drug-likeness (QED) is 0.293. The van der Waals surface area contributed by atoms with E-state index < -0.39 is 0 Å². The lowest BCUT2D eigenvalue weighted by atomic mass is 9.84. The van der Waals surface area contributed by atoms with Crippen molar-refractivity contribution >= 4 is 41.5 Å². The predicted molar refractivity (Wildman–Crippen MR) is 116 cm³/mol. The number of halogens is 2. The molecule has 1 saturated heterocycles. The highest BCUT2D eigenvalue weighted by molar-refractivity contribution is 14.0. The van der Waals surface area contributed by atoms with Gasteiger partial charge in [-0.2, -0.15) is 0 Å². The number of hydrogen-bond donors (Lipinski definition) is 3. The van der Waals surface area contributed by atoms with Gasteiger partial charge < -0.3 is 25.2 Å². The minimum absolute atomic E-state index is 0. The van der Waals surface area contributed by atoms with E-state index in [1.165, 1.54) is 0 Å². The van der Waals surface area contributed by atoms with E-state index in [-0.39, 0.29) is 36.0 Å². The first kappa shape index (κ1) is 23.3. The summed E-state index contributed by atoms with van der Waals surface area (Å²) in [7, 11) is 1.74. The molecule has 0 radical (unpaired) electrons. The minimum Gasteiger partial charge on any atom is -0.493 e. The van der Waals surface area contributed by atoms with Crippen molar-refractivity contribution in [2.24, 2.45) is 10.4 Å². The summed E-state index contributed by atoms with van der Waals surface area (Å²) in [5.74, 6) is 1.49. The van der Waals surface area contributed by atoms with E-state index in [4.69, 9.17) is 21.1 Å². The first-order valence-corrected chi connectivity index (χ1v) is 9.04. The molecule has 0 amide bonds. The summed E-state index contributed by atoms with van der Waals surface area (Å²) >= 11 is 6.04. The third-order valence-electron chi connectivity index (χ3n) is 4.46. The van der Waals surface area contributed by atoms with Crippen molar-refractivity contribution in [1.82, 2.24) is 10.6 Å². The van der Waals surface area contributed by atoms with Crippen LogP contribution in [0.2, 0.25) is 5.02 Å². The van der Waals surface area contributed by atoms with Gasteiger partial charge in [0.15, 0.2) is 5.96 Å². The second kappa shape index (κ2) is 11.8. The molecule has 1 fully saturated rings. The smallest absolute Gasteiger partial charge is 0.191 e. The minimum atomic E-state index is -0.0247. The Labute approximate surface area is 177 Å². The number of guanidine groups is 1. The van der Waals surface area contributed by atoms with Crippen LogP contribution in [-0.4, -0.2) is 51.1 Å². The zero-order valence-corrected chi connectivity index (χ0v) is 18.5. The Morgan fingerprint density at radius 1 is 1.42 bits per heavy atom. The summed E-state index contributed by atoms with van der Waals surface area (Å²) in [6, 6.07) is 5.62. The normalized spacial score (nSPS) is 19.8. The molecule has 148 valence electrons. The molecule has 26 heavy (non-hydrogen) atoms. The van der Waals surface area contributed by atoms with Crippen LogP contribution < -0.4 is 15.4 Å². The molecule has 1 aliphatic heterocycles. The van der Waals surface area contributed by atoms with E-state index in [2.05, 4.69) is 15.6 Å². The number of rotatable bonds is 8. The van der Waals surface area contributed by atoms with Crippen molar-refractivity contribution in [3.05, 3.63) is 28.8 Å². The Kier molecular flexibility index (Phi) is 10.6. The Bertz CT molecular complexity index is 581. The molecule has 8 heteroatoms. The third kappa shape index (κ3) is 6.75. The van der Waals surface area contributed by atoms with Gasteiger partial charge in [-0.1, -0.05) is 17.7 Å². The number of nitrogens with one attached hydrogen (secondary N) is 2. The molecule has 2 rings (SSSR count). The van der Waals surface area contributed by atoms with E-state index in [1.54, 1.807) is 7.05 Å². The van der Waals surface area contributed by atoms with E-state index >= 15 is 0 Å². The monoisotopic (exact) mass is 497 g/mol. The second-order valence-electron chi connectivity index (χ2n) is 6.24. The number of aliphatic hydroxyl groups excluding tert-OH is 1. The van der Waals surface area contributed by atoms with Crippen molar-refractivity contribution in [2.45, 2.75) is 26.3 Å². The van der Waals surface area contributed by atoms with Crippen molar-refractivity contribution < 1.29 is 14.6 Å². The highest BCUT2D eigenvalue weighted by Gasteiger charge is 2.34. The number of aliphatic imine (C=N–C) groups is 1. The van der Waals surface area contributed by atoms with Crippen molar-refractivity contribution in [3.63, 3.8) is 0 Å². The number of hydrogen-bond acceptors (Lipinski definition) is 4. The number of ether oxygens (including phenoxy) is 2. The molecular weight excluding hydrogens is 469 g/mol. The Balaban J connectivity index is 0.00000338. The van der Waals surface area contributed by atoms with Crippen LogP contribution >= 0.6 is 35.6 Å². The van der Waals surface area contributed by atoms with Gasteiger partial charge in [0, 0.05) is 49.4 Å². The maximum atomic E-state index is 9.32. The molecule has 1 heterocycles. The van der Waals surface area contributed by atoms with Crippen molar-refractivity contribution in [2.75, 3.05) is 40.0 Å². The molecule has 1 unspecified atom stereocenters. The van der Waals surface area contributed by atoms with Crippen molar-refractivity contribution in [3.8, 4) is 5.75 Å². The zero-order valence-electron chi connectivity index (χ0n) is 15.4. The lowest BCUT2D eigenvalue weighted by Gasteiger charge is -2.27. The molecule has 1 aromatic carbocycles. The number of nitrogens with zero attached hydrogens (tertiary/aromatic N) is 1. The van der Waals surface area contributed by atoms with Crippen LogP contribution in [0.4, 0.5) is 0 Å². The third-order valence-corrected chi connectivity index (χ3v) is 4.69. The average molecular weight is 498 g/mol. The topological polar surface area (TPSA) is 75.1 Å². The molecule has 0 bridgehead atoms. The van der Waals surface area contributed by atoms with Crippen LogP contribution in [0.5, 0.6) is 5.75 Å². The summed E-state index contributed by atoms with van der Waals surface area (Å²) in [6.07, 6.45) is 1.67. The first-order chi connectivity index (χ1) is 12.1. The van der Waals surface area contributed by atoms with Gasteiger partial charge in [-0.15, -0.1) is 24.0 Å². The molecular formula is C18H29ClIN3O3. The van der Waals surface area contributed by atoms with Gasteiger partial charge in [-0.3, -0.25) is 4.99 Å². The lowest BCUT2D eigenvalue weighted by molar-refractivity contribution is 0.127. The molecule has 1 aliphatic rings. The second-order valence-corrected chi connectivity index (χ2v) is 6.68. The fourth-order valence-corrected chi connectivity index (χ4v) is 3.11. The maximum absolute atomic E-state index is 9.32. The Morgan fingerprint density at radius 3 is 2.85 bits per heavy atom. The van der Waals surface area contributed by atoms with Gasteiger partial charge in [0.2, 0.25) is 0 Å². The summed E-state index contributed by atoms with van der Waals surface area (Å²) < 4.78 is 11.2.